The van der Waals surface area contributed by atoms with Crippen LogP contribution in [0.2, 0.25) is 0 Å². The highest BCUT2D eigenvalue weighted by Gasteiger charge is 2.38. The molecule has 0 aromatic heterocycles. The highest BCUT2D eigenvalue weighted by molar-refractivity contribution is 8.01. The third kappa shape index (κ3) is 11.1. The van der Waals surface area contributed by atoms with Gasteiger partial charge < -0.3 is 15.1 Å². The number of piperidine rings is 1. The first-order valence-electron chi connectivity index (χ1n) is 23.0. The Balaban J connectivity index is 0.962. The predicted molar refractivity (Wildman–Crippen MR) is 272 cm³/mol. The van der Waals surface area contributed by atoms with Crippen LogP contribution in [-0.2, 0) is 14.3 Å². The number of amides is 1. The number of carbonyl (C=O) groups excluding carboxylic acids is 1. The lowest BCUT2D eigenvalue weighted by atomic mass is 9.84. The third-order valence-corrected chi connectivity index (χ3v) is 15.9. The highest BCUT2D eigenvalue weighted by atomic mass is 32.2. The largest absolute Gasteiger partial charge is 0.354 e. The van der Waals surface area contributed by atoms with Gasteiger partial charge in [-0.05, 0) is 90.3 Å². The molecule has 0 saturated carbocycles. The molecule has 7 aromatic carbocycles. The summed E-state index contributed by atoms with van der Waals surface area (Å²) in [5.74, 6) is 1.98. The second-order valence-electron chi connectivity index (χ2n) is 16.8. The van der Waals surface area contributed by atoms with Crippen molar-refractivity contribution in [1.82, 2.24) is 15.1 Å². The van der Waals surface area contributed by atoms with Gasteiger partial charge in [0.05, 0.1) is 15.2 Å². The van der Waals surface area contributed by atoms with Crippen molar-refractivity contribution in [2.45, 2.75) is 34.7 Å². The first kappa shape index (κ1) is 45.2. The SMILES string of the molecule is O=C(CSC(c1ccccc1)(c1ccccc1)c1ccccc1)NCCN(CCCN1CCC(c2ccccc2)CC1)CCSC(c1ccccc1)(c1ccccc1)c1ccccc1. The van der Waals surface area contributed by atoms with Gasteiger partial charge in [-0.25, -0.2) is 0 Å². The number of thioether (sulfide) groups is 2. The predicted octanol–water partition coefficient (Wildman–Crippen LogP) is 12.1. The zero-order valence-electron chi connectivity index (χ0n) is 36.9. The number of nitrogens with one attached hydrogen (secondary N) is 1. The molecule has 0 unspecified atom stereocenters. The molecule has 8 rings (SSSR count). The van der Waals surface area contributed by atoms with Crippen LogP contribution in [-0.4, -0.2) is 73.0 Å². The molecule has 326 valence electrons. The van der Waals surface area contributed by atoms with E-state index < -0.39 is 4.75 Å². The summed E-state index contributed by atoms with van der Waals surface area (Å²) in [6, 6.07) is 75.9. The lowest BCUT2D eigenvalue weighted by Crippen LogP contribution is -2.40. The summed E-state index contributed by atoms with van der Waals surface area (Å²) in [4.78, 5) is 19.2. The average molecular weight is 880 g/mol. The van der Waals surface area contributed by atoms with Crippen molar-refractivity contribution in [2.24, 2.45) is 0 Å². The molecule has 0 radical (unpaired) electrons. The Morgan fingerprint density at radius 1 is 0.500 bits per heavy atom. The van der Waals surface area contributed by atoms with Gasteiger partial charge in [-0.3, -0.25) is 4.79 Å². The van der Waals surface area contributed by atoms with Gasteiger partial charge in [0.2, 0.25) is 5.91 Å². The number of hydrogen-bond donors (Lipinski definition) is 1. The lowest BCUT2D eigenvalue weighted by molar-refractivity contribution is -0.118. The zero-order chi connectivity index (χ0) is 43.7. The lowest BCUT2D eigenvalue weighted by Gasteiger charge is -2.36. The van der Waals surface area contributed by atoms with E-state index in [1.54, 1.807) is 11.8 Å². The molecule has 1 amide bonds. The molecular formula is C58H61N3OS2. The minimum atomic E-state index is -0.539. The summed E-state index contributed by atoms with van der Waals surface area (Å²) in [5, 5.41) is 3.37. The second-order valence-corrected chi connectivity index (χ2v) is 19.3. The normalized spacial score (nSPS) is 13.8. The maximum Gasteiger partial charge on any atom is 0.230 e. The minimum Gasteiger partial charge on any atom is -0.354 e. The second kappa shape index (κ2) is 23.0. The van der Waals surface area contributed by atoms with Crippen molar-refractivity contribution < 1.29 is 4.79 Å². The van der Waals surface area contributed by atoms with Gasteiger partial charge in [0.1, 0.15) is 0 Å². The van der Waals surface area contributed by atoms with Crippen molar-refractivity contribution in [2.75, 3.05) is 57.3 Å². The fourth-order valence-corrected chi connectivity index (χ4v) is 12.4. The number of benzene rings is 7. The molecule has 0 aliphatic carbocycles. The summed E-state index contributed by atoms with van der Waals surface area (Å²) >= 11 is 3.72. The van der Waals surface area contributed by atoms with E-state index in [9.17, 15) is 4.79 Å². The first-order valence-corrected chi connectivity index (χ1v) is 25.0. The number of nitrogens with zero attached hydrogens (tertiary/aromatic N) is 2. The molecule has 6 heteroatoms. The Labute approximate surface area is 390 Å². The van der Waals surface area contributed by atoms with Crippen LogP contribution in [0.5, 0.6) is 0 Å². The Morgan fingerprint density at radius 3 is 1.28 bits per heavy atom. The van der Waals surface area contributed by atoms with Crippen LogP contribution in [0.15, 0.2) is 212 Å². The monoisotopic (exact) mass is 879 g/mol. The van der Waals surface area contributed by atoms with E-state index in [1.807, 2.05) is 11.8 Å². The molecule has 1 aliphatic rings. The Hall–Kier alpha value is -5.37. The molecular weight excluding hydrogens is 819 g/mol. The van der Waals surface area contributed by atoms with Crippen LogP contribution in [0.3, 0.4) is 0 Å². The quantitative estimate of drug-likeness (QED) is 0.0728. The third-order valence-electron chi connectivity index (χ3n) is 12.8. The van der Waals surface area contributed by atoms with Crippen molar-refractivity contribution in [3.05, 3.63) is 251 Å². The molecule has 0 spiro atoms. The molecule has 0 atom stereocenters. The van der Waals surface area contributed by atoms with E-state index in [2.05, 4.69) is 227 Å². The molecule has 0 bridgehead atoms. The van der Waals surface area contributed by atoms with Crippen molar-refractivity contribution >= 4 is 29.4 Å². The van der Waals surface area contributed by atoms with Crippen LogP contribution >= 0.6 is 23.5 Å². The van der Waals surface area contributed by atoms with E-state index in [0.717, 1.165) is 68.1 Å². The first-order chi connectivity index (χ1) is 31.6. The highest BCUT2D eigenvalue weighted by Crippen LogP contribution is 2.49. The zero-order valence-corrected chi connectivity index (χ0v) is 38.5. The van der Waals surface area contributed by atoms with Gasteiger partial charge >= 0.3 is 0 Å². The molecule has 1 fully saturated rings. The minimum absolute atomic E-state index is 0.0593. The molecule has 1 aliphatic heterocycles. The number of likely N-dealkylation sites (tertiary alicyclic amines) is 1. The summed E-state index contributed by atoms with van der Waals surface area (Å²) in [7, 11) is 0. The summed E-state index contributed by atoms with van der Waals surface area (Å²) < 4.78 is -0.907. The van der Waals surface area contributed by atoms with Gasteiger partial charge in [0.15, 0.2) is 0 Å². The van der Waals surface area contributed by atoms with Crippen molar-refractivity contribution in [1.29, 1.82) is 0 Å². The van der Waals surface area contributed by atoms with E-state index in [4.69, 9.17) is 0 Å². The van der Waals surface area contributed by atoms with Crippen LogP contribution in [0, 0.1) is 0 Å². The van der Waals surface area contributed by atoms with E-state index >= 15 is 0 Å². The smallest absolute Gasteiger partial charge is 0.230 e. The van der Waals surface area contributed by atoms with Crippen LogP contribution in [0.1, 0.15) is 64.1 Å². The Kier molecular flexibility index (Phi) is 16.3. The topological polar surface area (TPSA) is 35.6 Å². The summed E-state index contributed by atoms with van der Waals surface area (Å²) in [6.45, 7) is 6.68. The maximum absolute atomic E-state index is 14.0. The molecule has 1 heterocycles. The van der Waals surface area contributed by atoms with E-state index in [-0.39, 0.29) is 10.7 Å². The maximum atomic E-state index is 14.0. The summed E-state index contributed by atoms with van der Waals surface area (Å²) in [5.41, 5.74) is 8.82. The Bertz CT molecular complexity index is 2200. The number of rotatable bonds is 21. The van der Waals surface area contributed by atoms with Crippen molar-refractivity contribution in [3.63, 3.8) is 0 Å². The molecule has 4 nitrogen and oxygen atoms in total. The van der Waals surface area contributed by atoms with E-state index in [0.29, 0.717) is 18.2 Å². The molecule has 1 N–H and O–H groups in total. The van der Waals surface area contributed by atoms with Gasteiger partial charge in [-0.2, -0.15) is 0 Å². The fourth-order valence-electron chi connectivity index (χ4n) is 9.51. The van der Waals surface area contributed by atoms with Crippen LogP contribution in [0.4, 0.5) is 0 Å². The van der Waals surface area contributed by atoms with Gasteiger partial charge in [0, 0.05) is 25.4 Å². The van der Waals surface area contributed by atoms with E-state index in [1.165, 1.54) is 35.1 Å². The molecule has 7 aromatic rings. The molecule has 1 saturated heterocycles. The van der Waals surface area contributed by atoms with Gasteiger partial charge in [0.25, 0.3) is 0 Å². The standard InChI is InChI=1S/C58H61N3OS2/c62-56(47-64-58(53-31-16-5-17-32-53,54-33-18-6-19-34-54)55-35-20-7-21-36-55)59-39-44-61(41-22-40-60-42-37-49(38-43-60)48-23-8-1-9-24-48)45-46-63-57(50-25-10-2-11-26-50,51-27-12-3-13-28-51)52-29-14-4-15-30-52/h1-21,23-36,49H,22,37-47H2,(H,59,62). The average Bonchev–Trinajstić information content (AvgIpc) is 3.37. The summed E-state index contributed by atoms with van der Waals surface area (Å²) in [6.07, 6.45) is 3.53. The molecule has 64 heavy (non-hydrogen) atoms. The van der Waals surface area contributed by atoms with Gasteiger partial charge in [-0.15, -0.1) is 23.5 Å². The van der Waals surface area contributed by atoms with Crippen LogP contribution < -0.4 is 5.32 Å². The van der Waals surface area contributed by atoms with Crippen molar-refractivity contribution in [3.8, 4) is 0 Å². The number of hydrogen-bond acceptors (Lipinski definition) is 5. The Morgan fingerprint density at radius 2 is 0.875 bits per heavy atom. The number of carbonyl (C=O) groups is 1. The van der Waals surface area contributed by atoms with Gasteiger partial charge in [-0.1, -0.05) is 212 Å². The van der Waals surface area contributed by atoms with Crippen LogP contribution in [0.25, 0.3) is 0 Å². The fraction of sp³-hybridized carbons (Fsp3) is 0.259.